The highest BCUT2D eigenvalue weighted by Crippen LogP contribution is 2.36. The second kappa shape index (κ2) is 4.28. The molecule has 0 aromatic heterocycles. The average Bonchev–Trinajstić information content (AvgIpc) is 2.71. The Morgan fingerprint density at radius 3 is 2.79 bits per heavy atom. The summed E-state index contributed by atoms with van der Waals surface area (Å²) < 4.78 is 19.0. The van der Waals surface area contributed by atoms with Gasteiger partial charge in [-0.3, -0.25) is 4.79 Å². The zero-order chi connectivity index (χ0) is 13.4. The number of benzene rings is 2. The zero-order valence-corrected chi connectivity index (χ0v) is 9.94. The van der Waals surface area contributed by atoms with Crippen LogP contribution >= 0.6 is 0 Å². The number of rotatable bonds is 2. The summed E-state index contributed by atoms with van der Waals surface area (Å²) in [4.78, 5) is 11.3. The molecule has 0 bridgehead atoms. The molecule has 4 nitrogen and oxygen atoms in total. The van der Waals surface area contributed by atoms with E-state index in [1.165, 1.54) is 12.1 Å². The van der Waals surface area contributed by atoms with Crippen molar-refractivity contribution in [3.8, 4) is 11.5 Å². The number of amides is 1. The van der Waals surface area contributed by atoms with Gasteiger partial charge in [0.15, 0.2) is 17.3 Å². The highest BCUT2D eigenvalue weighted by atomic mass is 19.1. The Balaban J connectivity index is 1.97. The van der Waals surface area contributed by atoms with Gasteiger partial charge in [0.05, 0.1) is 12.1 Å². The van der Waals surface area contributed by atoms with Crippen LogP contribution in [0.1, 0.15) is 5.56 Å². The molecule has 2 aromatic rings. The summed E-state index contributed by atoms with van der Waals surface area (Å²) >= 11 is 0. The van der Waals surface area contributed by atoms with Crippen molar-refractivity contribution in [3.63, 3.8) is 0 Å². The molecule has 1 heterocycles. The molecule has 2 aromatic carbocycles. The van der Waals surface area contributed by atoms with Crippen molar-refractivity contribution in [2.45, 2.75) is 6.42 Å². The predicted molar refractivity (Wildman–Crippen MR) is 69.7 cm³/mol. The lowest BCUT2D eigenvalue weighted by Crippen LogP contribution is -2.03. The number of ether oxygens (including phenoxy) is 1. The first kappa shape index (κ1) is 11.5. The molecule has 96 valence electrons. The van der Waals surface area contributed by atoms with E-state index in [2.05, 4.69) is 5.32 Å². The first-order chi connectivity index (χ1) is 9.13. The van der Waals surface area contributed by atoms with Crippen molar-refractivity contribution in [2.24, 2.45) is 0 Å². The number of fused-ring (bicyclic) bond motifs is 1. The predicted octanol–water partition coefficient (Wildman–Crippen LogP) is 2.69. The van der Waals surface area contributed by atoms with Gasteiger partial charge in [0.2, 0.25) is 5.91 Å². The lowest BCUT2D eigenvalue weighted by Gasteiger charge is -2.11. The SMILES string of the molecule is Nc1cc2c(cc1Oc1ccccc1F)NC(=O)C2. The Hall–Kier alpha value is -2.56. The maximum absolute atomic E-state index is 13.5. The quantitative estimate of drug-likeness (QED) is 0.814. The van der Waals surface area contributed by atoms with E-state index in [-0.39, 0.29) is 11.7 Å². The maximum Gasteiger partial charge on any atom is 0.228 e. The minimum Gasteiger partial charge on any atom is -0.452 e. The molecule has 5 heteroatoms. The second-order valence-corrected chi connectivity index (χ2v) is 4.30. The maximum atomic E-state index is 13.5. The number of hydrogen-bond acceptors (Lipinski definition) is 3. The summed E-state index contributed by atoms with van der Waals surface area (Å²) in [6, 6.07) is 9.35. The molecule has 0 spiro atoms. The van der Waals surface area contributed by atoms with E-state index >= 15 is 0 Å². The standard InChI is InChI=1S/C14H11FN2O2/c15-9-3-1-2-4-12(9)19-13-7-11-8(5-10(13)16)6-14(18)17-11/h1-5,7H,6,16H2,(H,17,18). The second-order valence-electron chi connectivity index (χ2n) is 4.30. The van der Waals surface area contributed by atoms with Crippen molar-refractivity contribution in [1.82, 2.24) is 0 Å². The van der Waals surface area contributed by atoms with E-state index in [1.54, 1.807) is 24.3 Å². The summed E-state index contributed by atoms with van der Waals surface area (Å²) in [5.41, 5.74) is 7.70. The van der Waals surface area contributed by atoms with Gasteiger partial charge in [0, 0.05) is 11.8 Å². The minimum atomic E-state index is -0.466. The fourth-order valence-corrected chi connectivity index (χ4v) is 2.01. The van der Waals surface area contributed by atoms with Crippen molar-refractivity contribution < 1.29 is 13.9 Å². The van der Waals surface area contributed by atoms with Crippen LogP contribution < -0.4 is 15.8 Å². The molecule has 3 rings (SSSR count). The molecule has 0 fully saturated rings. The lowest BCUT2D eigenvalue weighted by molar-refractivity contribution is -0.115. The molecule has 0 unspecified atom stereocenters. The average molecular weight is 258 g/mol. The van der Waals surface area contributed by atoms with Gasteiger partial charge < -0.3 is 15.8 Å². The van der Waals surface area contributed by atoms with E-state index in [4.69, 9.17) is 10.5 Å². The number of nitrogens with two attached hydrogens (primary N) is 1. The van der Waals surface area contributed by atoms with Gasteiger partial charge in [-0.15, -0.1) is 0 Å². The molecule has 1 amide bonds. The van der Waals surface area contributed by atoms with E-state index in [1.807, 2.05) is 0 Å². The fourth-order valence-electron chi connectivity index (χ4n) is 2.01. The molecule has 0 aliphatic carbocycles. The van der Waals surface area contributed by atoms with Crippen LogP contribution in [0.25, 0.3) is 0 Å². The van der Waals surface area contributed by atoms with Crippen molar-refractivity contribution in [3.05, 3.63) is 47.8 Å². The van der Waals surface area contributed by atoms with Gasteiger partial charge in [0.1, 0.15) is 0 Å². The third-order valence-electron chi connectivity index (χ3n) is 2.92. The Morgan fingerprint density at radius 1 is 1.21 bits per heavy atom. The normalized spacial score (nSPS) is 13.0. The van der Waals surface area contributed by atoms with Crippen LogP contribution in [-0.4, -0.2) is 5.91 Å². The van der Waals surface area contributed by atoms with Crippen molar-refractivity contribution in [2.75, 3.05) is 11.1 Å². The highest BCUT2D eigenvalue weighted by molar-refractivity contribution is 6.00. The summed E-state index contributed by atoms with van der Waals surface area (Å²) in [6.07, 6.45) is 0.305. The van der Waals surface area contributed by atoms with Gasteiger partial charge in [-0.1, -0.05) is 12.1 Å². The minimum absolute atomic E-state index is 0.0857. The molecule has 3 N–H and O–H groups in total. The third-order valence-corrected chi connectivity index (χ3v) is 2.92. The van der Waals surface area contributed by atoms with Gasteiger partial charge >= 0.3 is 0 Å². The number of carbonyl (C=O) groups is 1. The summed E-state index contributed by atoms with van der Waals surface area (Å²) in [5.74, 6) is -0.131. The highest BCUT2D eigenvalue weighted by Gasteiger charge is 2.20. The van der Waals surface area contributed by atoms with Crippen LogP contribution in [0.5, 0.6) is 11.5 Å². The molecular weight excluding hydrogens is 247 g/mol. The molecular formula is C14H11FN2O2. The lowest BCUT2D eigenvalue weighted by atomic mass is 10.1. The first-order valence-corrected chi connectivity index (χ1v) is 5.78. The zero-order valence-electron chi connectivity index (χ0n) is 9.94. The topological polar surface area (TPSA) is 64.3 Å². The smallest absolute Gasteiger partial charge is 0.228 e. The summed E-state index contributed by atoms with van der Waals surface area (Å²) in [5, 5.41) is 2.70. The van der Waals surface area contributed by atoms with Crippen LogP contribution in [0.3, 0.4) is 0 Å². The van der Waals surface area contributed by atoms with E-state index in [9.17, 15) is 9.18 Å². The molecule has 0 saturated heterocycles. The van der Waals surface area contributed by atoms with Crippen LogP contribution in [-0.2, 0) is 11.2 Å². The molecule has 0 atom stereocenters. The Morgan fingerprint density at radius 2 is 2.00 bits per heavy atom. The van der Waals surface area contributed by atoms with Gasteiger partial charge in [-0.05, 0) is 23.8 Å². The van der Waals surface area contributed by atoms with Gasteiger partial charge in [-0.2, -0.15) is 0 Å². The fraction of sp³-hybridized carbons (Fsp3) is 0.0714. The van der Waals surface area contributed by atoms with Crippen molar-refractivity contribution >= 4 is 17.3 Å². The monoisotopic (exact) mass is 258 g/mol. The van der Waals surface area contributed by atoms with Crippen LogP contribution in [0.4, 0.5) is 15.8 Å². The molecule has 1 aliphatic rings. The first-order valence-electron chi connectivity index (χ1n) is 5.78. The Kier molecular flexibility index (Phi) is 2.59. The number of halogens is 1. The largest absolute Gasteiger partial charge is 0.452 e. The van der Waals surface area contributed by atoms with Crippen LogP contribution in [0.15, 0.2) is 36.4 Å². The van der Waals surface area contributed by atoms with E-state index in [0.29, 0.717) is 23.5 Å². The molecule has 0 saturated carbocycles. The number of carbonyl (C=O) groups excluding carboxylic acids is 1. The van der Waals surface area contributed by atoms with Crippen LogP contribution in [0, 0.1) is 5.82 Å². The molecule has 1 aliphatic heterocycles. The number of anilines is 2. The summed E-state index contributed by atoms with van der Waals surface area (Å²) in [7, 11) is 0. The number of para-hydroxylation sites is 1. The van der Waals surface area contributed by atoms with Gasteiger partial charge in [-0.25, -0.2) is 4.39 Å². The Bertz CT molecular complexity index is 670. The third kappa shape index (κ3) is 2.10. The van der Waals surface area contributed by atoms with E-state index in [0.717, 1.165) is 5.56 Å². The van der Waals surface area contributed by atoms with Gasteiger partial charge in [0.25, 0.3) is 0 Å². The molecule has 0 radical (unpaired) electrons. The summed E-state index contributed by atoms with van der Waals surface area (Å²) in [6.45, 7) is 0. The number of nitrogens with one attached hydrogen (secondary N) is 1. The van der Waals surface area contributed by atoms with Crippen molar-refractivity contribution in [1.29, 1.82) is 0 Å². The molecule has 19 heavy (non-hydrogen) atoms. The van der Waals surface area contributed by atoms with Crippen LogP contribution in [0.2, 0.25) is 0 Å². The Labute approximate surface area is 109 Å². The number of hydrogen-bond donors (Lipinski definition) is 2. The van der Waals surface area contributed by atoms with E-state index < -0.39 is 5.82 Å². The number of nitrogen functional groups attached to an aromatic ring is 1.